The number of benzene rings is 6. The quantitative estimate of drug-likeness (QED) is 0.225. The number of pyridine rings is 1. The number of fused-ring (bicyclic) bond motifs is 1. The van der Waals surface area contributed by atoms with Gasteiger partial charge in [0.2, 0.25) is 0 Å². The number of aromatic nitrogens is 1. The monoisotopic (exact) mass is 509 g/mol. The largest absolute Gasteiger partial charge is 0.248 e. The van der Waals surface area contributed by atoms with Crippen LogP contribution in [-0.2, 0) is 0 Å². The lowest BCUT2D eigenvalue weighted by Crippen LogP contribution is -1.92. The Bertz CT molecular complexity index is 1860. The maximum absolute atomic E-state index is 5.10. The topological polar surface area (TPSA) is 12.9 Å². The molecule has 1 aromatic heterocycles. The molecule has 0 saturated heterocycles. The second-order valence-corrected chi connectivity index (χ2v) is 10.1. The van der Waals surface area contributed by atoms with Crippen LogP contribution in [0.5, 0.6) is 0 Å². The van der Waals surface area contributed by atoms with Crippen LogP contribution in [0.4, 0.5) is 0 Å². The fourth-order valence-electron chi connectivity index (χ4n) is 5.43. The first kappa shape index (κ1) is 23.8. The number of hydrogen-bond acceptors (Lipinski definition) is 1. The Labute approximate surface area is 235 Å². The van der Waals surface area contributed by atoms with Gasteiger partial charge in [-0.15, -0.1) is 0 Å². The van der Waals surface area contributed by atoms with Gasteiger partial charge in [-0.05, 0) is 74.5 Å². The minimum atomic E-state index is 0.966. The highest BCUT2D eigenvalue weighted by molar-refractivity contribution is 5.98. The molecule has 0 saturated carbocycles. The van der Waals surface area contributed by atoms with Crippen molar-refractivity contribution in [1.82, 2.24) is 4.98 Å². The van der Waals surface area contributed by atoms with Gasteiger partial charge in [0.1, 0.15) is 0 Å². The molecule has 0 aliphatic carbocycles. The molecule has 0 fully saturated rings. The van der Waals surface area contributed by atoms with Crippen LogP contribution in [0.1, 0.15) is 0 Å². The van der Waals surface area contributed by atoms with Crippen LogP contribution in [0.15, 0.2) is 164 Å². The summed E-state index contributed by atoms with van der Waals surface area (Å²) in [6, 6.07) is 58.1. The zero-order valence-corrected chi connectivity index (χ0v) is 22.0. The summed E-state index contributed by atoms with van der Waals surface area (Å²) in [5.74, 6) is 0. The predicted octanol–water partition coefficient (Wildman–Crippen LogP) is 10.6. The molecule has 0 unspecified atom stereocenters. The Morgan fingerprint density at radius 3 is 1.38 bits per heavy atom. The van der Waals surface area contributed by atoms with E-state index in [9.17, 15) is 0 Å². The Balaban J connectivity index is 1.48. The number of nitrogens with zero attached hydrogens (tertiary/aromatic N) is 1. The summed E-state index contributed by atoms with van der Waals surface area (Å²) < 4.78 is 0. The highest BCUT2D eigenvalue weighted by Crippen LogP contribution is 2.37. The molecule has 1 nitrogen and oxygen atoms in total. The predicted molar refractivity (Wildman–Crippen MR) is 169 cm³/mol. The van der Waals surface area contributed by atoms with Crippen molar-refractivity contribution in [3.8, 4) is 55.9 Å². The molecule has 6 aromatic carbocycles. The number of rotatable bonds is 5. The van der Waals surface area contributed by atoms with E-state index in [1.54, 1.807) is 0 Å². The molecule has 40 heavy (non-hydrogen) atoms. The van der Waals surface area contributed by atoms with E-state index in [1.165, 1.54) is 38.6 Å². The first-order valence-corrected chi connectivity index (χ1v) is 13.6. The molecule has 7 aromatic rings. The molecular formula is C39H27N. The molecule has 1 heteroatoms. The maximum atomic E-state index is 5.10. The second-order valence-electron chi connectivity index (χ2n) is 10.1. The smallest absolute Gasteiger partial charge is 0.0715 e. The molecular weight excluding hydrogens is 482 g/mol. The molecule has 0 bridgehead atoms. The van der Waals surface area contributed by atoms with Crippen molar-refractivity contribution in [3.05, 3.63) is 164 Å². The van der Waals surface area contributed by atoms with Gasteiger partial charge in [0, 0.05) is 11.1 Å². The lowest BCUT2D eigenvalue weighted by Gasteiger charge is -2.15. The zero-order valence-electron chi connectivity index (χ0n) is 22.0. The van der Waals surface area contributed by atoms with Crippen molar-refractivity contribution in [1.29, 1.82) is 0 Å². The normalized spacial score (nSPS) is 11.0. The van der Waals surface area contributed by atoms with Crippen LogP contribution in [0, 0.1) is 0 Å². The van der Waals surface area contributed by atoms with Crippen LogP contribution < -0.4 is 0 Å². The van der Waals surface area contributed by atoms with E-state index in [2.05, 4.69) is 152 Å². The summed E-state index contributed by atoms with van der Waals surface area (Å²) in [6.07, 6.45) is 0. The van der Waals surface area contributed by atoms with E-state index >= 15 is 0 Å². The Kier molecular flexibility index (Phi) is 6.24. The van der Waals surface area contributed by atoms with E-state index in [-0.39, 0.29) is 0 Å². The highest BCUT2D eigenvalue weighted by Gasteiger charge is 2.13. The summed E-state index contributed by atoms with van der Waals surface area (Å²) in [4.78, 5) is 5.10. The second kappa shape index (κ2) is 10.5. The summed E-state index contributed by atoms with van der Waals surface area (Å²) in [6.45, 7) is 0. The lowest BCUT2D eigenvalue weighted by molar-refractivity contribution is 1.32. The van der Waals surface area contributed by atoms with Gasteiger partial charge < -0.3 is 0 Å². The molecule has 7 rings (SSSR count). The van der Waals surface area contributed by atoms with Gasteiger partial charge in [-0.25, -0.2) is 4.98 Å². The first-order chi connectivity index (χ1) is 19.8. The molecule has 188 valence electrons. The summed E-state index contributed by atoms with van der Waals surface area (Å²) in [5, 5.41) is 2.50. The average molecular weight is 510 g/mol. The third-order valence-corrected chi connectivity index (χ3v) is 7.44. The van der Waals surface area contributed by atoms with E-state index in [4.69, 9.17) is 4.98 Å². The van der Waals surface area contributed by atoms with Gasteiger partial charge in [-0.2, -0.15) is 0 Å². The summed E-state index contributed by atoms with van der Waals surface area (Å²) >= 11 is 0. The SMILES string of the molecule is c1ccc(-c2cc(-c3cc(-c4ccccc4)nc(-c4ccccc4)c3)cc(-c3cccc4ccccc34)c2)cc1. The maximum Gasteiger partial charge on any atom is 0.0715 e. The Morgan fingerprint density at radius 1 is 0.300 bits per heavy atom. The fourth-order valence-corrected chi connectivity index (χ4v) is 5.43. The molecule has 1 heterocycles. The Hall–Kier alpha value is -5.27. The fraction of sp³-hybridized carbons (Fsp3) is 0. The van der Waals surface area contributed by atoms with Crippen LogP contribution in [-0.4, -0.2) is 4.98 Å². The van der Waals surface area contributed by atoms with Gasteiger partial charge in [0.25, 0.3) is 0 Å². The van der Waals surface area contributed by atoms with Crippen molar-refractivity contribution >= 4 is 10.8 Å². The minimum absolute atomic E-state index is 0.966. The van der Waals surface area contributed by atoms with E-state index < -0.39 is 0 Å². The Morgan fingerprint density at radius 2 is 0.750 bits per heavy atom. The molecule has 0 atom stereocenters. The standard InChI is InChI=1S/C39H27N/c1-4-13-28(14-5-1)32-23-33(25-35(24-32)37-22-12-20-29-15-10-11-21-36(29)37)34-26-38(30-16-6-2-7-17-30)40-39(27-34)31-18-8-3-9-19-31/h1-27H. The molecule has 0 amide bonds. The lowest BCUT2D eigenvalue weighted by atomic mass is 9.90. The van der Waals surface area contributed by atoms with Crippen LogP contribution >= 0.6 is 0 Å². The number of hydrogen-bond donors (Lipinski definition) is 0. The van der Waals surface area contributed by atoms with Crippen LogP contribution in [0.2, 0.25) is 0 Å². The molecule has 0 aliphatic rings. The van der Waals surface area contributed by atoms with Crippen molar-refractivity contribution < 1.29 is 0 Å². The van der Waals surface area contributed by atoms with E-state index in [1.807, 2.05) is 12.1 Å². The van der Waals surface area contributed by atoms with Crippen LogP contribution in [0.25, 0.3) is 66.7 Å². The minimum Gasteiger partial charge on any atom is -0.248 e. The third kappa shape index (κ3) is 4.70. The van der Waals surface area contributed by atoms with Gasteiger partial charge in [-0.1, -0.05) is 133 Å². The average Bonchev–Trinajstić information content (AvgIpc) is 3.05. The molecule has 0 N–H and O–H groups in total. The van der Waals surface area contributed by atoms with E-state index in [0.29, 0.717) is 0 Å². The molecule has 0 aliphatic heterocycles. The zero-order chi connectivity index (χ0) is 26.7. The van der Waals surface area contributed by atoms with Crippen molar-refractivity contribution in [2.75, 3.05) is 0 Å². The third-order valence-electron chi connectivity index (χ3n) is 7.44. The van der Waals surface area contributed by atoms with Crippen molar-refractivity contribution in [2.45, 2.75) is 0 Å². The van der Waals surface area contributed by atoms with Crippen molar-refractivity contribution in [3.63, 3.8) is 0 Å². The van der Waals surface area contributed by atoms with Gasteiger partial charge in [-0.3, -0.25) is 0 Å². The van der Waals surface area contributed by atoms with Crippen molar-refractivity contribution in [2.24, 2.45) is 0 Å². The van der Waals surface area contributed by atoms with Gasteiger partial charge in [0.15, 0.2) is 0 Å². The first-order valence-electron chi connectivity index (χ1n) is 13.6. The van der Waals surface area contributed by atoms with E-state index in [0.717, 1.165) is 28.1 Å². The van der Waals surface area contributed by atoms with Gasteiger partial charge in [0.05, 0.1) is 11.4 Å². The van der Waals surface area contributed by atoms with Gasteiger partial charge >= 0.3 is 0 Å². The van der Waals surface area contributed by atoms with Crippen LogP contribution in [0.3, 0.4) is 0 Å². The summed E-state index contributed by atoms with van der Waals surface area (Å²) in [7, 11) is 0. The highest BCUT2D eigenvalue weighted by atomic mass is 14.7. The molecule has 0 spiro atoms. The molecule has 0 radical (unpaired) electrons. The summed E-state index contributed by atoms with van der Waals surface area (Å²) in [5.41, 5.74) is 11.3.